The molecule has 110 valence electrons. The molecule has 0 bridgehead atoms. The highest BCUT2D eigenvalue weighted by Crippen LogP contribution is 2.35. The van der Waals surface area contributed by atoms with Crippen molar-refractivity contribution in [2.24, 2.45) is 0 Å². The van der Waals surface area contributed by atoms with Crippen LogP contribution >= 0.6 is 0 Å². The van der Waals surface area contributed by atoms with Crippen LogP contribution in [0.2, 0.25) is 0 Å². The van der Waals surface area contributed by atoms with Crippen molar-refractivity contribution in [2.75, 3.05) is 31.4 Å². The molecule has 1 heterocycles. The number of nitrogens with two attached hydrogens (primary N) is 1. The summed E-state index contributed by atoms with van der Waals surface area (Å²) in [5, 5.41) is 3.12. The van der Waals surface area contributed by atoms with E-state index in [-0.39, 0.29) is 5.75 Å². The maximum atomic E-state index is 13.5. The average Bonchev–Trinajstić information content (AvgIpc) is 2.50. The van der Waals surface area contributed by atoms with Crippen molar-refractivity contribution >= 4 is 17.1 Å². The van der Waals surface area contributed by atoms with Crippen LogP contribution in [0.15, 0.2) is 30.3 Å². The molecule has 0 unspecified atom stereocenters. The molecule has 3 N–H and O–H groups in total. The van der Waals surface area contributed by atoms with Gasteiger partial charge in [0, 0.05) is 23.9 Å². The zero-order chi connectivity index (χ0) is 14.8. The minimum Gasteiger partial charge on any atom is -0.494 e. The Balaban J connectivity index is 1.90. The number of hydrogen-bond donors (Lipinski definition) is 2. The van der Waals surface area contributed by atoms with Crippen LogP contribution in [0.3, 0.4) is 0 Å². The van der Waals surface area contributed by atoms with Crippen LogP contribution in [-0.2, 0) is 0 Å². The number of hydrogen-bond acceptors (Lipinski definition) is 5. The van der Waals surface area contributed by atoms with Gasteiger partial charge in [-0.15, -0.1) is 0 Å². The molecule has 0 saturated carbocycles. The van der Waals surface area contributed by atoms with Crippen LogP contribution in [0.1, 0.15) is 0 Å². The normalized spacial score (nSPS) is 12.9. The van der Waals surface area contributed by atoms with E-state index >= 15 is 0 Å². The fourth-order valence-electron chi connectivity index (χ4n) is 2.11. The second-order valence-corrected chi connectivity index (χ2v) is 4.56. The Kier molecular flexibility index (Phi) is 3.43. The number of nitrogens with one attached hydrogen (secondary N) is 1. The Morgan fingerprint density at radius 2 is 1.90 bits per heavy atom. The Morgan fingerprint density at radius 3 is 2.67 bits per heavy atom. The van der Waals surface area contributed by atoms with Crippen LogP contribution in [0.4, 0.5) is 21.5 Å². The van der Waals surface area contributed by atoms with Gasteiger partial charge in [-0.25, -0.2) is 4.39 Å². The SMILES string of the molecule is COc1cc(Nc2ccc3c(c2)OCCO3)c(N)cc1F. The molecule has 1 aliphatic rings. The van der Waals surface area contributed by atoms with Gasteiger partial charge in [0.15, 0.2) is 23.1 Å². The molecule has 0 spiro atoms. The van der Waals surface area contributed by atoms with Gasteiger partial charge in [0.25, 0.3) is 0 Å². The summed E-state index contributed by atoms with van der Waals surface area (Å²) in [6, 6.07) is 8.20. The van der Waals surface area contributed by atoms with E-state index in [1.54, 1.807) is 0 Å². The second kappa shape index (κ2) is 5.40. The van der Waals surface area contributed by atoms with Gasteiger partial charge in [-0.2, -0.15) is 0 Å². The number of halogens is 1. The van der Waals surface area contributed by atoms with Gasteiger partial charge in [0.2, 0.25) is 0 Å². The predicted octanol–water partition coefficient (Wildman–Crippen LogP) is 2.93. The largest absolute Gasteiger partial charge is 0.494 e. The molecular formula is C15H15FN2O3. The fourth-order valence-corrected chi connectivity index (χ4v) is 2.11. The predicted molar refractivity (Wildman–Crippen MR) is 78.1 cm³/mol. The number of fused-ring (bicyclic) bond motifs is 1. The second-order valence-electron chi connectivity index (χ2n) is 4.56. The number of benzene rings is 2. The first-order chi connectivity index (χ1) is 10.2. The summed E-state index contributed by atoms with van der Waals surface area (Å²) in [7, 11) is 1.41. The molecule has 0 aromatic heterocycles. The number of ether oxygens (including phenoxy) is 3. The molecule has 2 aromatic rings. The molecule has 5 nitrogen and oxygen atoms in total. The highest BCUT2D eigenvalue weighted by atomic mass is 19.1. The lowest BCUT2D eigenvalue weighted by atomic mass is 10.2. The van der Waals surface area contributed by atoms with Crippen molar-refractivity contribution in [1.82, 2.24) is 0 Å². The maximum absolute atomic E-state index is 13.5. The molecule has 0 atom stereocenters. The first-order valence-corrected chi connectivity index (χ1v) is 6.47. The lowest BCUT2D eigenvalue weighted by Crippen LogP contribution is -2.15. The van der Waals surface area contributed by atoms with Gasteiger partial charge in [0.05, 0.1) is 18.5 Å². The van der Waals surface area contributed by atoms with Gasteiger partial charge in [-0.3, -0.25) is 0 Å². The van der Waals surface area contributed by atoms with Crippen LogP contribution in [0.25, 0.3) is 0 Å². The van der Waals surface area contributed by atoms with Gasteiger partial charge in [-0.1, -0.05) is 0 Å². The molecule has 0 radical (unpaired) electrons. The quantitative estimate of drug-likeness (QED) is 0.851. The molecule has 3 rings (SSSR count). The van der Waals surface area contributed by atoms with Gasteiger partial charge in [-0.05, 0) is 12.1 Å². The summed E-state index contributed by atoms with van der Waals surface area (Å²) >= 11 is 0. The molecule has 1 aliphatic heterocycles. The number of methoxy groups -OCH3 is 1. The molecule has 0 amide bonds. The monoisotopic (exact) mass is 290 g/mol. The number of rotatable bonds is 3. The van der Waals surface area contributed by atoms with E-state index in [4.69, 9.17) is 19.9 Å². The zero-order valence-corrected chi connectivity index (χ0v) is 11.5. The van der Waals surface area contributed by atoms with E-state index in [9.17, 15) is 4.39 Å². The third-order valence-corrected chi connectivity index (χ3v) is 3.15. The van der Waals surface area contributed by atoms with E-state index in [1.807, 2.05) is 18.2 Å². The molecule has 21 heavy (non-hydrogen) atoms. The molecule has 0 aliphatic carbocycles. The Hall–Kier alpha value is -2.63. The summed E-state index contributed by atoms with van der Waals surface area (Å²) in [4.78, 5) is 0. The Bertz CT molecular complexity index is 676. The summed E-state index contributed by atoms with van der Waals surface area (Å²) in [6.45, 7) is 1.06. The summed E-state index contributed by atoms with van der Waals surface area (Å²) in [5.41, 5.74) is 7.43. The smallest absolute Gasteiger partial charge is 0.167 e. The van der Waals surface area contributed by atoms with Crippen LogP contribution in [-0.4, -0.2) is 20.3 Å². The summed E-state index contributed by atoms with van der Waals surface area (Å²) in [6.07, 6.45) is 0. The first-order valence-electron chi connectivity index (χ1n) is 6.47. The standard InChI is InChI=1S/C15H15FN2O3/c1-19-14-8-12(11(17)7-10(14)16)18-9-2-3-13-15(6-9)21-5-4-20-13/h2-3,6-8,18H,4-5,17H2,1H3. The lowest BCUT2D eigenvalue weighted by molar-refractivity contribution is 0.171. The third-order valence-electron chi connectivity index (χ3n) is 3.15. The number of anilines is 3. The van der Waals surface area contributed by atoms with Crippen molar-refractivity contribution in [1.29, 1.82) is 0 Å². The fraction of sp³-hybridized carbons (Fsp3) is 0.200. The van der Waals surface area contributed by atoms with Crippen molar-refractivity contribution in [3.05, 3.63) is 36.1 Å². The molecule has 0 saturated heterocycles. The van der Waals surface area contributed by atoms with E-state index < -0.39 is 5.82 Å². The molecular weight excluding hydrogens is 275 g/mol. The van der Waals surface area contributed by atoms with Crippen LogP contribution < -0.4 is 25.3 Å². The van der Waals surface area contributed by atoms with E-state index in [1.165, 1.54) is 19.2 Å². The van der Waals surface area contributed by atoms with Crippen LogP contribution in [0, 0.1) is 5.82 Å². The van der Waals surface area contributed by atoms with Crippen molar-refractivity contribution in [2.45, 2.75) is 0 Å². The molecule has 0 fully saturated rings. The topological polar surface area (TPSA) is 65.7 Å². The van der Waals surface area contributed by atoms with E-state index in [2.05, 4.69) is 5.32 Å². The third kappa shape index (κ3) is 2.65. The van der Waals surface area contributed by atoms with Gasteiger partial charge in [0.1, 0.15) is 13.2 Å². The highest BCUT2D eigenvalue weighted by Gasteiger charge is 2.13. The van der Waals surface area contributed by atoms with Crippen LogP contribution in [0.5, 0.6) is 17.2 Å². The van der Waals surface area contributed by atoms with Crippen molar-refractivity contribution < 1.29 is 18.6 Å². The molecule has 2 aromatic carbocycles. The van der Waals surface area contributed by atoms with Crippen molar-refractivity contribution in [3.63, 3.8) is 0 Å². The Labute approximate surface area is 121 Å². The highest BCUT2D eigenvalue weighted by molar-refractivity contribution is 5.75. The minimum absolute atomic E-state index is 0.129. The molecule has 6 heteroatoms. The van der Waals surface area contributed by atoms with Gasteiger partial charge >= 0.3 is 0 Å². The van der Waals surface area contributed by atoms with Gasteiger partial charge < -0.3 is 25.3 Å². The lowest BCUT2D eigenvalue weighted by Gasteiger charge is -2.19. The van der Waals surface area contributed by atoms with Crippen molar-refractivity contribution in [3.8, 4) is 17.2 Å². The minimum atomic E-state index is -0.497. The Morgan fingerprint density at radius 1 is 1.14 bits per heavy atom. The summed E-state index contributed by atoms with van der Waals surface area (Å²) < 4.78 is 29.5. The maximum Gasteiger partial charge on any atom is 0.167 e. The van der Waals surface area contributed by atoms with E-state index in [0.29, 0.717) is 36.1 Å². The zero-order valence-electron chi connectivity index (χ0n) is 11.5. The van der Waals surface area contributed by atoms with E-state index in [0.717, 1.165) is 5.69 Å². The first kappa shape index (κ1) is 13.4. The summed E-state index contributed by atoms with van der Waals surface area (Å²) in [5.74, 6) is 1.00. The average molecular weight is 290 g/mol. The number of nitrogen functional groups attached to an aromatic ring is 1.